The average Bonchev–Trinajstić information content (AvgIpc) is 3.30. The van der Waals surface area contributed by atoms with Crippen LogP contribution >= 0.6 is 0 Å². The van der Waals surface area contributed by atoms with Gasteiger partial charge in [0.2, 0.25) is 0 Å². The lowest BCUT2D eigenvalue weighted by molar-refractivity contribution is 0.102. The molecule has 1 aliphatic heterocycles. The van der Waals surface area contributed by atoms with E-state index in [-0.39, 0.29) is 18.0 Å². The molecule has 3 aromatic rings. The molecule has 0 aliphatic carbocycles. The van der Waals surface area contributed by atoms with Gasteiger partial charge in [0.1, 0.15) is 5.75 Å². The fourth-order valence-electron chi connectivity index (χ4n) is 3.85. The molecule has 1 heterocycles. The van der Waals surface area contributed by atoms with Gasteiger partial charge >= 0.3 is 6.03 Å². The predicted octanol–water partition coefficient (Wildman–Crippen LogP) is 5.32. The van der Waals surface area contributed by atoms with Gasteiger partial charge in [0.05, 0.1) is 13.2 Å². The van der Waals surface area contributed by atoms with Crippen molar-refractivity contribution in [3.8, 4) is 5.75 Å². The number of carbonyl (C=O) groups excluding carboxylic acids is 2. The minimum Gasteiger partial charge on any atom is -0.497 e. The molecule has 0 spiro atoms. The molecule has 158 valence electrons. The van der Waals surface area contributed by atoms with Gasteiger partial charge in [-0.1, -0.05) is 36.4 Å². The fourth-order valence-corrected chi connectivity index (χ4v) is 3.85. The lowest BCUT2D eigenvalue weighted by atomic mass is 10.0. The van der Waals surface area contributed by atoms with Crippen LogP contribution in [-0.2, 0) is 0 Å². The summed E-state index contributed by atoms with van der Waals surface area (Å²) in [7, 11) is 1.64. The number of anilines is 2. The Labute approximate surface area is 181 Å². The standard InChI is InChI=1S/C25H25N3O3/c1-31-22-14-12-18(13-15-22)23-11-6-16-28(23)25(30)27-21-10-5-9-20(17-21)26-24(29)19-7-3-2-4-8-19/h2-5,7-10,12-15,17,23H,6,11,16H2,1H3,(H,26,29)(H,27,30). The number of methoxy groups -OCH3 is 1. The third-order valence-corrected chi connectivity index (χ3v) is 5.42. The highest BCUT2D eigenvalue weighted by atomic mass is 16.5. The lowest BCUT2D eigenvalue weighted by Crippen LogP contribution is -2.34. The number of hydrogen-bond donors (Lipinski definition) is 2. The Kier molecular flexibility index (Phi) is 6.17. The Bertz CT molecular complexity index is 1050. The van der Waals surface area contributed by atoms with Crippen molar-refractivity contribution in [2.75, 3.05) is 24.3 Å². The third-order valence-electron chi connectivity index (χ3n) is 5.42. The van der Waals surface area contributed by atoms with Crippen molar-refractivity contribution in [1.29, 1.82) is 0 Å². The first-order valence-corrected chi connectivity index (χ1v) is 10.3. The van der Waals surface area contributed by atoms with Gasteiger partial charge in [-0.2, -0.15) is 0 Å². The first kappa shape index (κ1) is 20.5. The van der Waals surface area contributed by atoms with Crippen LogP contribution in [0, 0.1) is 0 Å². The molecule has 4 rings (SSSR count). The van der Waals surface area contributed by atoms with Gasteiger partial charge in [-0.15, -0.1) is 0 Å². The molecule has 0 aromatic heterocycles. The first-order valence-electron chi connectivity index (χ1n) is 10.3. The quantitative estimate of drug-likeness (QED) is 0.593. The van der Waals surface area contributed by atoms with Crippen molar-refractivity contribution in [3.05, 3.63) is 90.0 Å². The Hall–Kier alpha value is -3.80. The van der Waals surface area contributed by atoms with E-state index in [4.69, 9.17) is 4.74 Å². The van der Waals surface area contributed by atoms with Gasteiger partial charge in [0.15, 0.2) is 0 Å². The zero-order valence-electron chi connectivity index (χ0n) is 17.4. The zero-order valence-corrected chi connectivity index (χ0v) is 17.4. The summed E-state index contributed by atoms with van der Waals surface area (Å²) in [6, 6.07) is 23.9. The number of nitrogens with one attached hydrogen (secondary N) is 2. The molecule has 31 heavy (non-hydrogen) atoms. The Morgan fingerprint density at radius 2 is 1.61 bits per heavy atom. The van der Waals surface area contributed by atoms with Crippen molar-refractivity contribution >= 4 is 23.3 Å². The molecule has 1 unspecified atom stereocenters. The highest BCUT2D eigenvalue weighted by Crippen LogP contribution is 2.33. The van der Waals surface area contributed by atoms with E-state index in [1.165, 1.54) is 0 Å². The van der Waals surface area contributed by atoms with E-state index in [2.05, 4.69) is 10.6 Å². The molecule has 3 aromatic carbocycles. The third kappa shape index (κ3) is 4.86. The molecule has 6 heteroatoms. The highest BCUT2D eigenvalue weighted by molar-refractivity contribution is 6.04. The maximum atomic E-state index is 13.0. The van der Waals surface area contributed by atoms with Crippen LogP contribution in [0.4, 0.5) is 16.2 Å². The Morgan fingerprint density at radius 1 is 0.903 bits per heavy atom. The van der Waals surface area contributed by atoms with E-state index in [0.717, 1.165) is 24.2 Å². The van der Waals surface area contributed by atoms with Crippen LogP contribution < -0.4 is 15.4 Å². The van der Waals surface area contributed by atoms with Crippen molar-refractivity contribution in [1.82, 2.24) is 4.90 Å². The summed E-state index contributed by atoms with van der Waals surface area (Å²) >= 11 is 0. The highest BCUT2D eigenvalue weighted by Gasteiger charge is 2.30. The van der Waals surface area contributed by atoms with Crippen LogP contribution in [0.2, 0.25) is 0 Å². The van der Waals surface area contributed by atoms with Gasteiger partial charge in [0, 0.05) is 23.5 Å². The Morgan fingerprint density at radius 3 is 2.32 bits per heavy atom. The van der Waals surface area contributed by atoms with E-state index >= 15 is 0 Å². The largest absolute Gasteiger partial charge is 0.497 e. The van der Waals surface area contributed by atoms with E-state index in [0.29, 0.717) is 23.5 Å². The number of rotatable bonds is 5. The summed E-state index contributed by atoms with van der Waals surface area (Å²) in [5.41, 5.74) is 2.93. The Balaban J connectivity index is 1.43. The smallest absolute Gasteiger partial charge is 0.322 e. The molecule has 6 nitrogen and oxygen atoms in total. The second-order valence-electron chi connectivity index (χ2n) is 7.46. The van der Waals surface area contributed by atoms with Crippen LogP contribution in [-0.4, -0.2) is 30.5 Å². The van der Waals surface area contributed by atoms with Gasteiger partial charge < -0.3 is 20.3 Å². The molecule has 1 aliphatic rings. The number of hydrogen-bond acceptors (Lipinski definition) is 3. The van der Waals surface area contributed by atoms with Gasteiger partial charge in [0.25, 0.3) is 5.91 Å². The molecule has 3 amide bonds. The first-order chi connectivity index (χ1) is 15.1. The average molecular weight is 415 g/mol. The molecule has 1 saturated heterocycles. The van der Waals surface area contributed by atoms with Gasteiger partial charge in [-0.25, -0.2) is 4.79 Å². The lowest BCUT2D eigenvalue weighted by Gasteiger charge is -2.25. The van der Waals surface area contributed by atoms with Crippen molar-refractivity contribution in [2.24, 2.45) is 0 Å². The SMILES string of the molecule is COc1ccc(C2CCCN2C(=O)Nc2cccc(NC(=O)c3ccccc3)c2)cc1. The fraction of sp³-hybridized carbons (Fsp3) is 0.200. The number of amides is 3. The van der Waals surface area contributed by atoms with Crippen LogP contribution in [0.1, 0.15) is 34.8 Å². The van der Waals surface area contributed by atoms with Crippen LogP contribution in [0.15, 0.2) is 78.9 Å². The number of nitrogens with zero attached hydrogens (tertiary/aromatic N) is 1. The predicted molar refractivity (Wildman–Crippen MR) is 122 cm³/mol. The van der Waals surface area contributed by atoms with E-state index in [1.54, 1.807) is 37.4 Å². The summed E-state index contributed by atoms with van der Waals surface area (Å²) in [5.74, 6) is 0.607. The van der Waals surface area contributed by atoms with Crippen LogP contribution in [0.25, 0.3) is 0 Å². The summed E-state index contributed by atoms with van der Waals surface area (Å²) < 4.78 is 5.23. The topological polar surface area (TPSA) is 70.7 Å². The molecule has 0 saturated carbocycles. The molecule has 2 N–H and O–H groups in total. The molecule has 0 bridgehead atoms. The maximum absolute atomic E-state index is 13.0. The molecular weight excluding hydrogens is 390 g/mol. The van der Waals surface area contributed by atoms with Gasteiger partial charge in [-0.05, 0) is 60.9 Å². The molecule has 1 atom stereocenters. The number of urea groups is 1. The summed E-state index contributed by atoms with van der Waals surface area (Å²) in [6.07, 6.45) is 1.88. The summed E-state index contributed by atoms with van der Waals surface area (Å²) in [6.45, 7) is 0.701. The normalized spacial score (nSPS) is 15.4. The van der Waals surface area contributed by atoms with E-state index in [1.807, 2.05) is 53.4 Å². The van der Waals surface area contributed by atoms with Crippen LogP contribution in [0.3, 0.4) is 0 Å². The number of benzene rings is 3. The van der Waals surface area contributed by atoms with E-state index in [9.17, 15) is 9.59 Å². The van der Waals surface area contributed by atoms with Crippen molar-refractivity contribution < 1.29 is 14.3 Å². The minimum absolute atomic E-state index is 0.0341. The minimum atomic E-state index is -0.191. The molecule has 0 radical (unpaired) electrons. The zero-order chi connectivity index (χ0) is 21.6. The van der Waals surface area contributed by atoms with Crippen molar-refractivity contribution in [2.45, 2.75) is 18.9 Å². The summed E-state index contributed by atoms with van der Waals surface area (Å²) in [4.78, 5) is 27.2. The second-order valence-corrected chi connectivity index (χ2v) is 7.46. The second kappa shape index (κ2) is 9.34. The number of ether oxygens (including phenoxy) is 1. The van der Waals surface area contributed by atoms with Gasteiger partial charge in [-0.3, -0.25) is 4.79 Å². The monoisotopic (exact) mass is 415 g/mol. The van der Waals surface area contributed by atoms with E-state index < -0.39 is 0 Å². The maximum Gasteiger partial charge on any atom is 0.322 e. The van der Waals surface area contributed by atoms with Crippen molar-refractivity contribution in [3.63, 3.8) is 0 Å². The van der Waals surface area contributed by atoms with Crippen LogP contribution in [0.5, 0.6) is 5.75 Å². The number of likely N-dealkylation sites (tertiary alicyclic amines) is 1. The summed E-state index contributed by atoms with van der Waals surface area (Å²) in [5, 5.41) is 5.84. The molecule has 1 fully saturated rings. The number of carbonyl (C=O) groups is 2. The molecular formula is C25H25N3O3.